The van der Waals surface area contributed by atoms with Crippen LogP contribution in [0, 0.1) is 17.2 Å². The standard InChI is InChI=1S/C14H17NO2/c1-2-3-12(9-15)14(16)11-4-5-13-10(8-11)6-7-17-13/h4-5,8,12,14,16H,2-3,6-7H2,1H3. The van der Waals surface area contributed by atoms with Crippen molar-refractivity contribution in [3.63, 3.8) is 0 Å². The van der Waals surface area contributed by atoms with Crippen LogP contribution in [-0.4, -0.2) is 11.7 Å². The van der Waals surface area contributed by atoms with Gasteiger partial charge >= 0.3 is 0 Å². The summed E-state index contributed by atoms with van der Waals surface area (Å²) < 4.78 is 5.42. The maximum absolute atomic E-state index is 10.2. The largest absolute Gasteiger partial charge is 0.493 e. The second kappa shape index (κ2) is 5.20. The van der Waals surface area contributed by atoms with Crippen LogP contribution in [0.4, 0.5) is 0 Å². The molecule has 1 heterocycles. The summed E-state index contributed by atoms with van der Waals surface area (Å²) in [5.74, 6) is 0.588. The molecule has 0 bridgehead atoms. The van der Waals surface area contributed by atoms with Crippen molar-refractivity contribution < 1.29 is 9.84 Å². The van der Waals surface area contributed by atoms with Gasteiger partial charge < -0.3 is 9.84 Å². The maximum atomic E-state index is 10.2. The van der Waals surface area contributed by atoms with Crippen LogP contribution in [0.1, 0.15) is 37.0 Å². The van der Waals surface area contributed by atoms with Crippen molar-refractivity contribution in [1.82, 2.24) is 0 Å². The third-order valence-electron chi connectivity index (χ3n) is 3.20. The Kier molecular flexibility index (Phi) is 3.65. The van der Waals surface area contributed by atoms with Crippen molar-refractivity contribution in [2.75, 3.05) is 6.61 Å². The molecule has 90 valence electrons. The molecule has 3 heteroatoms. The molecule has 1 aliphatic heterocycles. The van der Waals surface area contributed by atoms with Crippen LogP contribution in [0.25, 0.3) is 0 Å². The van der Waals surface area contributed by atoms with Gasteiger partial charge in [-0.1, -0.05) is 19.4 Å². The van der Waals surface area contributed by atoms with Gasteiger partial charge in [0.05, 0.1) is 24.7 Å². The lowest BCUT2D eigenvalue weighted by Crippen LogP contribution is -2.10. The second-order valence-corrected chi connectivity index (χ2v) is 4.43. The molecule has 0 spiro atoms. The van der Waals surface area contributed by atoms with Crippen molar-refractivity contribution in [3.05, 3.63) is 29.3 Å². The summed E-state index contributed by atoms with van der Waals surface area (Å²) >= 11 is 0. The van der Waals surface area contributed by atoms with Gasteiger partial charge in [0, 0.05) is 6.42 Å². The van der Waals surface area contributed by atoms with Gasteiger partial charge in [-0.2, -0.15) is 5.26 Å². The lowest BCUT2D eigenvalue weighted by molar-refractivity contribution is 0.130. The van der Waals surface area contributed by atoms with Gasteiger partial charge in [-0.05, 0) is 29.7 Å². The van der Waals surface area contributed by atoms with Gasteiger partial charge in [0.1, 0.15) is 5.75 Å². The lowest BCUT2D eigenvalue weighted by atomic mass is 9.92. The first kappa shape index (κ1) is 11.9. The highest BCUT2D eigenvalue weighted by Gasteiger charge is 2.22. The minimum atomic E-state index is -0.689. The number of nitrogens with zero attached hydrogens (tertiary/aromatic N) is 1. The van der Waals surface area contributed by atoms with E-state index in [1.165, 1.54) is 0 Å². The lowest BCUT2D eigenvalue weighted by Gasteiger charge is -2.16. The number of benzene rings is 1. The first-order chi connectivity index (χ1) is 8.26. The molecule has 0 aliphatic carbocycles. The van der Waals surface area contributed by atoms with E-state index >= 15 is 0 Å². The Bertz CT molecular complexity index is 436. The van der Waals surface area contributed by atoms with E-state index in [4.69, 9.17) is 10.00 Å². The third-order valence-corrected chi connectivity index (χ3v) is 3.20. The average molecular weight is 231 g/mol. The maximum Gasteiger partial charge on any atom is 0.122 e. The molecule has 2 unspecified atom stereocenters. The van der Waals surface area contributed by atoms with E-state index in [2.05, 4.69) is 6.07 Å². The fourth-order valence-electron chi connectivity index (χ4n) is 2.23. The number of hydrogen-bond acceptors (Lipinski definition) is 3. The van der Waals surface area contributed by atoms with Gasteiger partial charge in [0.25, 0.3) is 0 Å². The van der Waals surface area contributed by atoms with E-state index < -0.39 is 6.10 Å². The molecule has 1 aliphatic rings. The van der Waals surface area contributed by atoms with E-state index in [0.29, 0.717) is 6.61 Å². The molecule has 0 fully saturated rings. The van der Waals surface area contributed by atoms with Crippen LogP contribution in [0.15, 0.2) is 18.2 Å². The molecule has 2 atom stereocenters. The molecule has 3 nitrogen and oxygen atoms in total. The predicted molar refractivity (Wildman–Crippen MR) is 64.6 cm³/mol. The van der Waals surface area contributed by atoms with Crippen molar-refractivity contribution >= 4 is 0 Å². The van der Waals surface area contributed by atoms with Gasteiger partial charge in [-0.15, -0.1) is 0 Å². The van der Waals surface area contributed by atoms with E-state index in [1.807, 2.05) is 25.1 Å². The number of aliphatic hydroxyl groups is 1. The molecule has 0 saturated heterocycles. The Balaban J connectivity index is 2.19. The monoisotopic (exact) mass is 231 g/mol. The van der Waals surface area contributed by atoms with Crippen LogP contribution in [0.5, 0.6) is 5.75 Å². The van der Waals surface area contributed by atoms with Gasteiger partial charge in [-0.25, -0.2) is 0 Å². The minimum absolute atomic E-state index is 0.319. The average Bonchev–Trinajstić information content (AvgIpc) is 2.82. The Labute approximate surface area is 102 Å². The molecule has 0 amide bonds. The summed E-state index contributed by atoms with van der Waals surface area (Å²) in [6.07, 6.45) is 1.83. The first-order valence-electron chi connectivity index (χ1n) is 6.09. The SMILES string of the molecule is CCCC(C#N)C(O)c1ccc2c(c1)CCO2. The van der Waals surface area contributed by atoms with Crippen molar-refractivity contribution in [3.8, 4) is 11.8 Å². The molecule has 0 aromatic heterocycles. The topological polar surface area (TPSA) is 53.2 Å². The second-order valence-electron chi connectivity index (χ2n) is 4.43. The molecule has 1 N–H and O–H groups in total. The fraction of sp³-hybridized carbons (Fsp3) is 0.500. The Morgan fingerprint density at radius 2 is 2.35 bits per heavy atom. The zero-order valence-electron chi connectivity index (χ0n) is 10.0. The number of hydrogen-bond donors (Lipinski definition) is 1. The van der Waals surface area contributed by atoms with Crippen molar-refractivity contribution in [1.29, 1.82) is 5.26 Å². The van der Waals surface area contributed by atoms with Crippen LogP contribution in [0.3, 0.4) is 0 Å². The minimum Gasteiger partial charge on any atom is -0.493 e. The summed E-state index contributed by atoms with van der Waals surface area (Å²) in [5, 5.41) is 19.2. The van der Waals surface area contributed by atoms with E-state index in [-0.39, 0.29) is 5.92 Å². The Hall–Kier alpha value is -1.53. The number of fused-ring (bicyclic) bond motifs is 1. The summed E-state index contributed by atoms with van der Waals surface area (Å²) in [7, 11) is 0. The zero-order valence-corrected chi connectivity index (χ0v) is 10.0. The third kappa shape index (κ3) is 2.42. The molecule has 2 rings (SSSR count). The van der Waals surface area contributed by atoms with Gasteiger partial charge in [-0.3, -0.25) is 0 Å². The highest BCUT2D eigenvalue weighted by Crippen LogP contribution is 2.31. The molecule has 0 radical (unpaired) electrons. The van der Waals surface area contributed by atoms with Gasteiger partial charge in [0.2, 0.25) is 0 Å². The summed E-state index contributed by atoms with van der Waals surface area (Å²) in [4.78, 5) is 0. The van der Waals surface area contributed by atoms with E-state index in [9.17, 15) is 5.11 Å². The summed E-state index contributed by atoms with van der Waals surface area (Å²) in [5.41, 5.74) is 1.96. The molecule has 17 heavy (non-hydrogen) atoms. The Morgan fingerprint density at radius 1 is 1.53 bits per heavy atom. The van der Waals surface area contributed by atoms with E-state index in [1.54, 1.807) is 0 Å². The molecular weight excluding hydrogens is 214 g/mol. The fourth-order valence-corrected chi connectivity index (χ4v) is 2.23. The number of rotatable bonds is 4. The molecule has 1 aromatic carbocycles. The predicted octanol–water partition coefficient (Wildman–Crippen LogP) is 2.59. The van der Waals surface area contributed by atoms with Crippen molar-refractivity contribution in [2.45, 2.75) is 32.3 Å². The number of ether oxygens (including phenoxy) is 1. The zero-order chi connectivity index (χ0) is 12.3. The summed E-state index contributed by atoms with van der Waals surface area (Å²) in [6.45, 7) is 2.74. The number of aliphatic hydroxyl groups excluding tert-OH is 1. The smallest absolute Gasteiger partial charge is 0.122 e. The van der Waals surface area contributed by atoms with Crippen LogP contribution in [0.2, 0.25) is 0 Å². The van der Waals surface area contributed by atoms with Crippen LogP contribution in [-0.2, 0) is 6.42 Å². The molecule has 0 saturated carbocycles. The quantitative estimate of drug-likeness (QED) is 0.866. The van der Waals surface area contributed by atoms with Gasteiger partial charge in [0.15, 0.2) is 0 Å². The number of nitriles is 1. The highest BCUT2D eigenvalue weighted by molar-refractivity contribution is 5.40. The Morgan fingerprint density at radius 3 is 3.06 bits per heavy atom. The normalized spacial score (nSPS) is 16.8. The van der Waals surface area contributed by atoms with E-state index in [0.717, 1.165) is 36.1 Å². The first-order valence-corrected chi connectivity index (χ1v) is 6.09. The van der Waals surface area contributed by atoms with Crippen molar-refractivity contribution in [2.24, 2.45) is 5.92 Å². The molecular formula is C14H17NO2. The van der Waals surface area contributed by atoms with Crippen LogP contribution >= 0.6 is 0 Å². The van der Waals surface area contributed by atoms with Crippen LogP contribution < -0.4 is 4.74 Å². The molecule has 1 aromatic rings. The summed E-state index contributed by atoms with van der Waals surface area (Å²) in [6, 6.07) is 7.90. The highest BCUT2D eigenvalue weighted by atomic mass is 16.5.